The van der Waals surface area contributed by atoms with Crippen molar-refractivity contribution in [1.29, 1.82) is 0 Å². The molecule has 82 valence electrons. The predicted molar refractivity (Wildman–Crippen MR) is 64.3 cm³/mol. The second-order valence-electron chi connectivity index (χ2n) is 3.12. The number of rotatable bonds is 0. The van der Waals surface area contributed by atoms with Gasteiger partial charge in [0, 0.05) is 11.6 Å². The van der Waals surface area contributed by atoms with Crippen molar-refractivity contribution in [2.45, 2.75) is 0 Å². The van der Waals surface area contributed by atoms with Gasteiger partial charge < -0.3 is 0 Å². The molecule has 1 aliphatic heterocycles. The van der Waals surface area contributed by atoms with E-state index < -0.39 is 0 Å². The molecule has 1 aliphatic rings. The first-order chi connectivity index (χ1) is 8.40. The molecule has 17 heavy (non-hydrogen) atoms. The van der Waals surface area contributed by atoms with E-state index in [1.54, 1.807) is 0 Å². The van der Waals surface area contributed by atoms with Crippen molar-refractivity contribution < 1.29 is 4.79 Å². The Labute approximate surface area is 97.2 Å². The van der Waals surface area contributed by atoms with Crippen LogP contribution in [0.25, 0.3) is 10.9 Å². The minimum Gasteiger partial charge on any atom is -0.256 e. The van der Waals surface area contributed by atoms with E-state index in [2.05, 4.69) is 32.6 Å². The van der Waals surface area contributed by atoms with Gasteiger partial charge >= 0.3 is 0 Å². The third-order valence-electron chi connectivity index (χ3n) is 2.00. The van der Waals surface area contributed by atoms with Crippen LogP contribution in [-0.4, -0.2) is 17.1 Å². The fraction of sp³-hybridized carbons (Fsp3) is 0. The minimum atomic E-state index is 0.153. The molecule has 0 fully saturated rings. The molecule has 0 spiro atoms. The van der Waals surface area contributed by atoms with E-state index in [4.69, 9.17) is 0 Å². The summed E-state index contributed by atoms with van der Waals surface area (Å²) >= 11 is 0. The van der Waals surface area contributed by atoms with E-state index >= 15 is 0 Å². The zero-order chi connectivity index (χ0) is 11.9. The van der Waals surface area contributed by atoms with E-state index in [-0.39, 0.29) is 5.70 Å². The van der Waals surface area contributed by atoms with Crippen molar-refractivity contribution in [3.63, 3.8) is 0 Å². The number of aromatic nitrogens is 1. The Morgan fingerprint density at radius 2 is 1.88 bits per heavy atom. The zero-order valence-corrected chi connectivity index (χ0v) is 8.82. The van der Waals surface area contributed by atoms with Crippen molar-refractivity contribution in [2.75, 3.05) is 0 Å². The SMILES string of the molecule is O=C=C1C=NN=N1.c1ccc2ncccc2c1. The van der Waals surface area contributed by atoms with Crippen LogP contribution in [0.5, 0.6) is 0 Å². The molecule has 2 heterocycles. The summed E-state index contributed by atoms with van der Waals surface area (Å²) in [6.07, 6.45) is 3.05. The molecule has 0 unspecified atom stereocenters. The second-order valence-corrected chi connectivity index (χ2v) is 3.12. The lowest BCUT2D eigenvalue weighted by atomic mass is 10.2. The summed E-state index contributed by atoms with van der Waals surface area (Å²) in [4.78, 5) is 13.8. The summed E-state index contributed by atoms with van der Waals surface area (Å²) in [7, 11) is 0. The molecule has 1 aromatic carbocycles. The molecule has 0 saturated carbocycles. The molecule has 0 amide bonds. The van der Waals surface area contributed by atoms with Gasteiger partial charge in [0.1, 0.15) is 0 Å². The number of allylic oxidation sites excluding steroid dienone is 1. The quantitative estimate of drug-likeness (QED) is 0.645. The van der Waals surface area contributed by atoms with Crippen LogP contribution in [0.15, 0.2) is 63.7 Å². The Kier molecular flexibility index (Phi) is 3.47. The first-order valence-corrected chi connectivity index (χ1v) is 4.89. The molecule has 0 N–H and O–H groups in total. The van der Waals surface area contributed by atoms with E-state index in [1.165, 1.54) is 17.5 Å². The number of hydrogen-bond donors (Lipinski definition) is 0. The van der Waals surface area contributed by atoms with Gasteiger partial charge in [0.15, 0.2) is 11.6 Å². The van der Waals surface area contributed by atoms with Crippen LogP contribution in [0.3, 0.4) is 0 Å². The van der Waals surface area contributed by atoms with E-state index in [0.717, 1.165) is 5.52 Å². The van der Waals surface area contributed by atoms with Crippen molar-refractivity contribution in [3.05, 3.63) is 48.3 Å². The van der Waals surface area contributed by atoms with Gasteiger partial charge in [0.25, 0.3) is 0 Å². The molecular formula is C12H8N4O. The van der Waals surface area contributed by atoms with Gasteiger partial charge in [-0.25, -0.2) is 4.79 Å². The number of benzene rings is 1. The molecular weight excluding hydrogens is 216 g/mol. The summed E-state index contributed by atoms with van der Waals surface area (Å²) < 4.78 is 0. The van der Waals surface area contributed by atoms with Crippen LogP contribution >= 0.6 is 0 Å². The normalized spacial score (nSPS) is 12.1. The summed E-state index contributed by atoms with van der Waals surface area (Å²) in [6, 6.07) is 12.1. The Morgan fingerprint density at radius 3 is 2.53 bits per heavy atom. The van der Waals surface area contributed by atoms with Crippen molar-refractivity contribution in [1.82, 2.24) is 4.98 Å². The highest BCUT2D eigenvalue weighted by Gasteiger charge is 1.92. The number of hydrogen-bond acceptors (Lipinski definition) is 5. The lowest BCUT2D eigenvalue weighted by Gasteiger charge is -1.91. The monoisotopic (exact) mass is 224 g/mol. The van der Waals surface area contributed by atoms with Gasteiger partial charge in [-0.2, -0.15) is 0 Å². The number of para-hydroxylation sites is 1. The number of carbonyl (C=O) groups excluding carboxylic acids is 1. The highest BCUT2D eigenvalue weighted by atomic mass is 16.1. The maximum absolute atomic E-state index is 9.60. The highest BCUT2D eigenvalue weighted by Crippen LogP contribution is 2.07. The standard InChI is InChI=1S/C9H7N.C3HN3O/c1-2-6-9-8(4-1)5-3-7-10-9;7-2-3-1-4-6-5-3/h1-7H;1H. The van der Waals surface area contributed by atoms with Crippen LogP contribution in [0, 0.1) is 0 Å². The van der Waals surface area contributed by atoms with Gasteiger partial charge in [-0.1, -0.05) is 24.3 Å². The van der Waals surface area contributed by atoms with Crippen LogP contribution in [0.2, 0.25) is 0 Å². The maximum Gasteiger partial charge on any atom is 0.191 e. The fourth-order valence-electron chi connectivity index (χ4n) is 1.24. The molecule has 3 rings (SSSR count). The third-order valence-corrected chi connectivity index (χ3v) is 2.00. The third kappa shape index (κ3) is 2.90. The Balaban J connectivity index is 0.000000136. The smallest absolute Gasteiger partial charge is 0.191 e. The van der Waals surface area contributed by atoms with Crippen LogP contribution in [0.1, 0.15) is 0 Å². The van der Waals surface area contributed by atoms with Crippen LogP contribution in [0.4, 0.5) is 0 Å². The lowest BCUT2D eigenvalue weighted by Crippen LogP contribution is -1.73. The lowest BCUT2D eigenvalue weighted by molar-refractivity contribution is 0.568. The average Bonchev–Trinajstić information content (AvgIpc) is 2.93. The van der Waals surface area contributed by atoms with Crippen molar-refractivity contribution in [3.8, 4) is 0 Å². The fourth-order valence-corrected chi connectivity index (χ4v) is 1.24. The summed E-state index contributed by atoms with van der Waals surface area (Å²) in [5.74, 6) is 1.52. The highest BCUT2D eigenvalue weighted by molar-refractivity contribution is 5.89. The number of nitrogens with zero attached hydrogens (tertiary/aromatic N) is 4. The largest absolute Gasteiger partial charge is 0.256 e. The van der Waals surface area contributed by atoms with E-state index in [9.17, 15) is 4.79 Å². The summed E-state index contributed by atoms with van der Waals surface area (Å²) in [6.45, 7) is 0. The molecule has 0 saturated heterocycles. The molecule has 5 heteroatoms. The molecule has 0 aliphatic carbocycles. The Hall–Kier alpha value is -2.65. The van der Waals surface area contributed by atoms with Gasteiger partial charge in [-0.05, 0) is 17.4 Å². The Bertz CT molecular complexity index is 548. The van der Waals surface area contributed by atoms with Crippen LogP contribution in [-0.2, 0) is 4.79 Å². The first-order valence-electron chi connectivity index (χ1n) is 4.89. The van der Waals surface area contributed by atoms with Crippen molar-refractivity contribution >= 4 is 23.1 Å². The van der Waals surface area contributed by atoms with Crippen LogP contribution < -0.4 is 0 Å². The predicted octanol–water partition coefficient (Wildman–Crippen LogP) is 2.39. The molecule has 0 bridgehead atoms. The molecule has 2 aromatic rings. The van der Waals surface area contributed by atoms with Gasteiger partial charge in [-0.3, -0.25) is 4.98 Å². The Morgan fingerprint density at radius 1 is 1.06 bits per heavy atom. The maximum atomic E-state index is 9.60. The van der Waals surface area contributed by atoms with Gasteiger partial charge in [0.2, 0.25) is 0 Å². The molecule has 1 aromatic heterocycles. The summed E-state index contributed by atoms with van der Waals surface area (Å²) in [5.41, 5.74) is 1.21. The molecule has 5 nitrogen and oxygen atoms in total. The average molecular weight is 224 g/mol. The summed E-state index contributed by atoms with van der Waals surface area (Å²) in [5, 5.41) is 10.8. The topological polar surface area (TPSA) is 67.0 Å². The zero-order valence-electron chi connectivity index (χ0n) is 8.82. The number of fused-ring (bicyclic) bond motifs is 1. The minimum absolute atomic E-state index is 0.153. The van der Waals surface area contributed by atoms with Crippen molar-refractivity contribution in [2.24, 2.45) is 15.4 Å². The van der Waals surface area contributed by atoms with E-state index in [1.807, 2.05) is 30.5 Å². The molecule has 0 radical (unpaired) electrons. The van der Waals surface area contributed by atoms with Gasteiger partial charge in [-0.15, -0.1) is 10.2 Å². The molecule has 0 atom stereocenters. The first kappa shape index (κ1) is 10.9. The van der Waals surface area contributed by atoms with E-state index in [0.29, 0.717) is 0 Å². The second kappa shape index (κ2) is 5.44. The number of pyridine rings is 1. The van der Waals surface area contributed by atoms with Gasteiger partial charge in [0.05, 0.1) is 11.7 Å².